The Morgan fingerprint density at radius 2 is 2.08 bits per heavy atom. The summed E-state index contributed by atoms with van der Waals surface area (Å²) in [5.41, 5.74) is -0.247. The number of anilines is 1. The van der Waals surface area contributed by atoms with E-state index in [4.69, 9.17) is 0 Å². The second kappa shape index (κ2) is 7.19. The van der Waals surface area contributed by atoms with E-state index in [0.717, 1.165) is 29.5 Å². The molecule has 0 aliphatic carbocycles. The SMILES string of the molecule is O=C(Nc1cc(F)ccc1F)C1CCCN(S(=O)(=O)c2cccs2)C1. The maximum atomic E-state index is 13.7. The van der Waals surface area contributed by atoms with E-state index in [2.05, 4.69) is 5.32 Å². The second-order valence-corrected chi connectivity index (χ2v) is 8.86. The van der Waals surface area contributed by atoms with Crippen molar-refractivity contribution in [2.75, 3.05) is 18.4 Å². The lowest BCUT2D eigenvalue weighted by Crippen LogP contribution is -2.43. The molecule has 134 valence electrons. The maximum absolute atomic E-state index is 13.7. The van der Waals surface area contributed by atoms with E-state index in [9.17, 15) is 22.0 Å². The predicted octanol–water partition coefficient (Wildman–Crippen LogP) is 3.07. The van der Waals surface area contributed by atoms with Gasteiger partial charge in [0.15, 0.2) is 0 Å². The molecule has 25 heavy (non-hydrogen) atoms. The van der Waals surface area contributed by atoms with Crippen LogP contribution in [-0.4, -0.2) is 31.7 Å². The lowest BCUT2D eigenvalue weighted by atomic mass is 9.98. The number of hydrogen-bond donors (Lipinski definition) is 1. The van der Waals surface area contributed by atoms with Gasteiger partial charge in [0.2, 0.25) is 5.91 Å². The highest BCUT2D eigenvalue weighted by Gasteiger charge is 2.34. The molecular formula is C16H16F2N2O3S2. The molecule has 0 radical (unpaired) electrons. The van der Waals surface area contributed by atoms with E-state index >= 15 is 0 Å². The van der Waals surface area contributed by atoms with Gasteiger partial charge in [0.05, 0.1) is 11.6 Å². The number of hydrogen-bond acceptors (Lipinski definition) is 4. The summed E-state index contributed by atoms with van der Waals surface area (Å²) in [6, 6.07) is 5.96. The minimum Gasteiger partial charge on any atom is -0.323 e. The number of sulfonamides is 1. The van der Waals surface area contributed by atoms with Crippen molar-refractivity contribution >= 4 is 33.0 Å². The molecule has 1 aliphatic rings. The van der Waals surface area contributed by atoms with Crippen molar-refractivity contribution < 1.29 is 22.0 Å². The van der Waals surface area contributed by atoms with Crippen molar-refractivity contribution in [1.29, 1.82) is 0 Å². The zero-order valence-electron chi connectivity index (χ0n) is 13.1. The molecule has 1 saturated heterocycles. The van der Waals surface area contributed by atoms with Crippen LogP contribution in [0.4, 0.5) is 14.5 Å². The topological polar surface area (TPSA) is 66.5 Å². The molecule has 1 aromatic heterocycles. The van der Waals surface area contributed by atoms with Gasteiger partial charge in [0.1, 0.15) is 15.8 Å². The third-order valence-electron chi connectivity index (χ3n) is 4.03. The van der Waals surface area contributed by atoms with Gasteiger partial charge in [0, 0.05) is 19.2 Å². The van der Waals surface area contributed by atoms with Crippen LogP contribution >= 0.6 is 11.3 Å². The fourth-order valence-corrected chi connectivity index (χ4v) is 5.41. The van der Waals surface area contributed by atoms with Crippen molar-refractivity contribution in [1.82, 2.24) is 4.31 Å². The zero-order chi connectivity index (χ0) is 18.0. The van der Waals surface area contributed by atoms with Crippen molar-refractivity contribution in [2.24, 2.45) is 5.92 Å². The molecule has 0 bridgehead atoms. The number of amides is 1. The molecule has 1 atom stereocenters. The minimum absolute atomic E-state index is 0.0169. The molecule has 1 N–H and O–H groups in total. The first-order valence-electron chi connectivity index (χ1n) is 7.67. The third-order valence-corrected chi connectivity index (χ3v) is 7.27. The number of halogens is 2. The molecule has 1 fully saturated rings. The highest BCUT2D eigenvalue weighted by Crippen LogP contribution is 2.27. The summed E-state index contributed by atoms with van der Waals surface area (Å²) in [7, 11) is -3.64. The van der Waals surface area contributed by atoms with Gasteiger partial charge < -0.3 is 5.32 Å². The lowest BCUT2D eigenvalue weighted by Gasteiger charge is -2.30. The molecule has 9 heteroatoms. The van der Waals surface area contributed by atoms with Crippen LogP contribution in [0.1, 0.15) is 12.8 Å². The summed E-state index contributed by atoms with van der Waals surface area (Å²) < 4.78 is 53.5. The van der Waals surface area contributed by atoms with Gasteiger partial charge in [-0.1, -0.05) is 6.07 Å². The van der Waals surface area contributed by atoms with Gasteiger partial charge in [0.25, 0.3) is 10.0 Å². The van der Waals surface area contributed by atoms with Crippen LogP contribution in [0.2, 0.25) is 0 Å². The average Bonchev–Trinajstić information content (AvgIpc) is 3.13. The van der Waals surface area contributed by atoms with Gasteiger partial charge in [-0.3, -0.25) is 4.79 Å². The van der Waals surface area contributed by atoms with Crippen LogP contribution < -0.4 is 5.32 Å². The number of nitrogens with one attached hydrogen (secondary N) is 1. The van der Waals surface area contributed by atoms with Crippen LogP contribution in [0.5, 0.6) is 0 Å². The summed E-state index contributed by atoms with van der Waals surface area (Å²) >= 11 is 1.12. The lowest BCUT2D eigenvalue weighted by molar-refractivity contribution is -0.120. The smallest absolute Gasteiger partial charge is 0.252 e. The van der Waals surface area contributed by atoms with E-state index in [1.165, 1.54) is 10.4 Å². The molecule has 1 amide bonds. The molecule has 3 rings (SSSR count). The number of nitrogens with zero attached hydrogens (tertiary/aromatic N) is 1. The van der Waals surface area contributed by atoms with E-state index in [0.29, 0.717) is 19.4 Å². The van der Waals surface area contributed by atoms with Crippen LogP contribution in [-0.2, 0) is 14.8 Å². The molecule has 0 saturated carbocycles. The van der Waals surface area contributed by atoms with Crippen molar-refractivity contribution in [3.63, 3.8) is 0 Å². The minimum atomic E-state index is -3.64. The Hall–Kier alpha value is -1.84. The number of piperidine rings is 1. The summed E-state index contributed by atoms with van der Waals surface area (Å²) in [6.07, 6.45) is 1.01. The highest BCUT2D eigenvalue weighted by atomic mass is 32.2. The van der Waals surface area contributed by atoms with Crippen molar-refractivity contribution in [3.8, 4) is 0 Å². The van der Waals surface area contributed by atoms with Crippen molar-refractivity contribution in [3.05, 3.63) is 47.3 Å². The fraction of sp³-hybridized carbons (Fsp3) is 0.312. The molecule has 0 spiro atoms. The molecule has 1 aliphatic heterocycles. The second-order valence-electron chi connectivity index (χ2n) is 5.75. The van der Waals surface area contributed by atoms with Crippen LogP contribution in [0, 0.1) is 17.6 Å². The summed E-state index contributed by atoms with van der Waals surface area (Å²) in [5.74, 6) is -2.54. The molecule has 5 nitrogen and oxygen atoms in total. The number of rotatable bonds is 4. The van der Waals surface area contributed by atoms with Crippen LogP contribution in [0.15, 0.2) is 39.9 Å². The van der Waals surface area contributed by atoms with Gasteiger partial charge in [-0.15, -0.1) is 11.3 Å². The number of thiophene rings is 1. The first kappa shape index (κ1) is 18.0. The Morgan fingerprint density at radius 3 is 2.80 bits per heavy atom. The van der Waals surface area contributed by atoms with E-state index < -0.39 is 33.5 Å². The Morgan fingerprint density at radius 1 is 1.28 bits per heavy atom. The van der Waals surface area contributed by atoms with Crippen LogP contribution in [0.25, 0.3) is 0 Å². The summed E-state index contributed by atoms with van der Waals surface area (Å²) in [5, 5.41) is 4.03. The third kappa shape index (κ3) is 3.88. The average molecular weight is 386 g/mol. The van der Waals surface area contributed by atoms with Gasteiger partial charge >= 0.3 is 0 Å². The summed E-state index contributed by atoms with van der Waals surface area (Å²) in [4.78, 5) is 12.4. The quantitative estimate of drug-likeness (QED) is 0.878. The Labute approximate surface area is 148 Å². The molecule has 2 aromatic rings. The van der Waals surface area contributed by atoms with Crippen LogP contribution in [0.3, 0.4) is 0 Å². The van der Waals surface area contributed by atoms with Gasteiger partial charge in [-0.2, -0.15) is 4.31 Å². The molecule has 1 aromatic carbocycles. The van der Waals surface area contributed by atoms with Crippen molar-refractivity contribution in [2.45, 2.75) is 17.1 Å². The maximum Gasteiger partial charge on any atom is 0.252 e. The normalized spacial score (nSPS) is 18.9. The standard InChI is InChI=1S/C16H16F2N2O3S2/c17-12-5-6-13(18)14(9-12)19-16(21)11-3-1-7-20(10-11)25(22,23)15-4-2-8-24-15/h2,4-6,8-9,11H,1,3,7,10H2,(H,19,21). The van der Waals surface area contributed by atoms with E-state index in [-0.39, 0.29) is 16.4 Å². The number of carbonyl (C=O) groups is 1. The Kier molecular flexibility index (Phi) is 5.16. The zero-order valence-corrected chi connectivity index (χ0v) is 14.7. The largest absolute Gasteiger partial charge is 0.323 e. The van der Waals surface area contributed by atoms with E-state index in [1.54, 1.807) is 11.4 Å². The Bertz CT molecular complexity index is 870. The predicted molar refractivity (Wildman–Crippen MR) is 90.8 cm³/mol. The highest BCUT2D eigenvalue weighted by molar-refractivity contribution is 7.91. The first-order valence-corrected chi connectivity index (χ1v) is 9.99. The molecule has 2 heterocycles. The number of benzene rings is 1. The molecule has 1 unspecified atom stereocenters. The van der Waals surface area contributed by atoms with Gasteiger partial charge in [-0.05, 0) is 36.4 Å². The first-order chi connectivity index (χ1) is 11.9. The van der Waals surface area contributed by atoms with Gasteiger partial charge in [-0.25, -0.2) is 17.2 Å². The monoisotopic (exact) mass is 386 g/mol. The Balaban J connectivity index is 1.73. The number of carbonyl (C=O) groups excluding carboxylic acids is 1. The fourth-order valence-electron chi connectivity index (χ4n) is 2.74. The summed E-state index contributed by atoms with van der Waals surface area (Å²) in [6.45, 7) is 0.349. The molecular weight excluding hydrogens is 370 g/mol. The van der Waals surface area contributed by atoms with E-state index in [1.807, 2.05) is 0 Å².